The van der Waals surface area contributed by atoms with E-state index in [4.69, 9.17) is 4.74 Å². The van der Waals surface area contributed by atoms with Crippen LogP contribution in [0.4, 0.5) is 13.2 Å². The van der Waals surface area contributed by atoms with Gasteiger partial charge in [-0.2, -0.15) is 0 Å². The minimum Gasteiger partial charge on any atom is -0.466 e. The average molecular weight is 401 g/mol. The Bertz CT molecular complexity index is 787. The lowest BCUT2D eigenvalue weighted by Crippen LogP contribution is -2.34. The number of amides is 1. The van der Waals surface area contributed by atoms with Crippen LogP contribution in [0.1, 0.15) is 29.9 Å². The molecule has 1 aromatic carbocycles. The molecule has 0 saturated carbocycles. The first-order valence-corrected chi connectivity index (χ1v) is 8.97. The van der Waals surface area contributed by atoms with Crippen molar-refractivity contribution >= 4 is 23.2 Å². The normalized spacial score (nSPS) is 12.3. The summed E-state index contributed by atoms with van der Waals surface area (Å²) in [6.45, 7) is 3.68. The van der Waals surface area contributed by atoms with Gasteiger partial charge in [0, 0.05) is 6.04 Å². The van der Waals surface area contributed by atoms with Gasteiger partial charge in [0.2, 0.25) is 0 Å². The zero-order valence-electron chi connectivity index (χ0n) is 14.6. The van der Waals surface area contributed by atoms with Gasteiger partial charge in [0.1, 0.15) is 5.75 Å². The van der Waals surface area contributed by atoms with Gasteiger partial charge in [-0.05, 0) is 48.6 Å². The molecule has 1 unspecified atom stereocenters. The molecule has 0 spiro atoms. The molecular formula is C18H18F3NO4S. The Balaban J connectivity index is 1.99. The molecule has 1 atom stereocenters. The number of hydrogen-bond donors (Lipinski definition) is 1. The monoisotopic (exact) mass is 401 g/mol. The second-order valence-electron chi connectivity index (χ2n) is 5.66. The molecule has 1 heterocycles. The minimum absolute atomic E-state index is 0.0679. The zero-order valence-corrected chi connectivity index (χ0v) is 15.4. The number of ether oxygens (including phenoxy) is 2. The smallest absolute Gasteiger partial charge is 0.466 e. The van der Waals surface area contributed by atoms with Crippen molar-refractivity contribution in [1.82, 2.24) is 5.32 Å². The molecule has 2 aromatic rings. The van der Waals surface area contributed by atoms with Crippen LogP contribution < -0.4 is 10.1 Å². The lowest BCUT2D eigenvalue weighted by Gasteiger charge is -2.12. The third kappa shape index (κ3) is 6.59. The Labute approximate surface area is 158 Å². The van der Waals surface area contributed by atoms with E-state index >= 15 is 0 Å². The first kappa shape index (κ1) is 20.8. The molecule has 0 saturated heterocycles. The molecule has 0 bridgehead atoms. The quantitative estimate of drug-likeness (QED) is 0.699. The van der Waals surface area contributed by atoms with Gasteiger partial charge >= 0.3 is 12.3 Å². The highest BCUT2D eigenvalue weighted by Crippen LogP contribution is 2.29. The predicted octanol–water partition coefficient (Wildman–Crippen LogP) is 4.39. The highest BCUT2D eigenvalue weighted by atomic mass is 32.1. The Morgan fingerprint density at radius 3 is 2.44 bits per heavy atom. The van der Waals surface area contributed by atoms with Crippen LogP contribution in [0.15, 0.2) is 35.7 Å². The van der Waals surface area contributed by atoms with Gasteiger partial charge in [0.15, 0.2) is 0 Å². The van der Waals surface area contributed by atoms with E-state index in [1.165, 1.54) is 35.6 Å². The SMILES string of the molecule is CCOC(=O)CC(C)NC(=O)c1cc(-c2ccc(OC(F)(F)F)cc2)cs1. The largest absolute Gasteiger partial charge is 0.573 e. The summed E-state index contributed by atoms with van der Waals surface area (Å²) in [5, 5.41) is 4.44. The third-order valence-corrected chi connectivity index (χ3v) is 4.33. The van der Waals surface area contributed by atoms with Crippen molar-refractivity contribution in [2.24, 2.45) is 0 Å². The van der Waals surface area contributed by atoms with Crippen LogP contribution in [0.25, 0.3) is 11.1 Å². The highest BCUT2D eigenvalue weighted by molar-refractivity contribution is 7.12. The van der Waals surface area contributed by atoms with Crippen molar-refractivity contribution < 1.29 is 32.2 Å². The number of carbonyl (C=O) groups excluding carboxylic acids is 2. The Kier molecular flexibility index (Phi) is 6.84. The maximum absolute atomic E-state index is 12.3. The number of carbonyl (C=O) groups is 2. The van der Waals surface area contributed by atoms with E-state index in [0.717, 1.165) is 0 Å². The molecule has 0 radical (unpaired) electrons. The van der Waals surface area contributed by atoms with Gasteiger partial charge in [0.05, 0.1) is 17.9 Å². The van der Waals surface area contributed by atoms with Crippen molar-refractivity contribution in [2.45, 2.75) is 32.7 Å². The summed E-state index contributed by atoms with van der Waals surface area (Å²) >= 11 is 1.20. The zero-order chi connectivity index (χ0) is 20.0. The number of benzene rings is 1. The Morgan fingerprint density at radius 1 is 1.19 bits per heavy atom. The summed E-state index contributed by atoms with van der Waals surface area (Å²) in [4.78, 5) is 24.1. The van der Waals surface area contributed by atoms with Gasteiger partial charge in [-0.1, -0.05) is 12.1 Å². The predicted molar refractivity (Wildman–Crippen MR) is 94.6 cm³/mol. The van der Waals surface area contributed by atoms with Crippen LogP contribution in [0.5, 0.6) is 5.75 Å². The van der Waals surface area contributed by atoms with Gasteiger partial charge in [0.25, 0.3) is 5.91 Å². The van der Waals surface area contributed by atoms with Crippen molar-refractivity contribution in [2.75, 3.05) is 6.61 Å². The number of halogens is 3. The van der Waals surface area contributed by atoms with E-state index in [1.807, 2.05) is 0 Å². The van der Waals surface area contributed by atoms with Crippen LogP contribution in [0, 0.1) is 0 Å². The number of nitrogens with one attached hydrogen (secondary N) is 1. The molecular weight excluding hydrogens is 383 g/mol. The fourth-order valence-electron chi connectivity index (χ4n) is 2.27. The Hall–Kier alpha value is -2.55. The van der Waals surface area contributed by atoms with E-state index in [9.17, 15) is 22.8 Å². The van der Waals surface area contributed by atoms with Crippen LogP contribution in [0.3, 0.4) is 0 Å². The molecule has 27 heavy (non-hydrogen) atoms. The molecule has 146 valence electrons. The molecule has 5 nitrogen and oxygen atoms in total. The molecule has 0 aliphatic rings. The standard InChI is InChI=1S/C18H18F3NO4S/c1-3-25-16(23)8-11(2)22-17(24)15-9-13(10-27-15)12-4-6-14(7-5-12)26-18(19,20)21/h4-7,9-11H,3,8H2,1-2H3,(H,22,24). The maximum Gasteiger partial charge on any atom is 0.573 e. The van der Waals surface area contributed by atoms with Gasteiger partial charge in [-0.3, -0.25) is 9.59 Å². The van der Waals surface area contributed by atoms with Gasteiger partial charge in [-0.25, -0.2) is 0 Å². The third-order valence-electron chi connectivity index (χ3n) is 3.40. The average Bonchev–Trinajstić information content (AvgIpc) is 3.04. The van der Waals surface area contributed by atoms with E-state index < -0.39 is 12.3 Å². The summed E-state index contributed by atoms with van der Waals surface area (Å²) in [6.07, 6.45) is -4.67. The summed E-state index contributed by atoms with van der Waals surface area (Å²) in [5.41, 5.74) is 1.35. The van der Waals surface area contributed by atoms with Gasteiger partial charge in [-0.15, -0.1) is 24.5 Å². The summed E-state index contributed by atoms with van der Waals surface area (Å²) in [7, 11) is 0. The van der Waals surface area contributed by atoms with Crippen molar-refractivity contribution in [3.05, 3.63) is 40.6 Å². The van der Waals surface area contributed by atoms with Crippen molar-refractivity contribution in [1.29, 1.82) is 0 Å². The van der Waals surface area contributed by atoms with Crippen molar-refractivity contribution in [3.8, 4) is 16.9 Å². The van der Waals surface area contributed by atoms with E-state index in [-0.39, 0.29) is 30.7 Å². The van der Waals surface area contributed by atoms with Gasteiger partial charge < -0.3 is 14.8 Å². The molecule has 1 amide bonds. The fourth-order valence-corrected chi connectivity index (χ4v) is 3.09. The number of esters is 1. The molecule has 0 aliphatic carbocycles. The topological polar surface area (TPSA) is 64.6 Å². The van der Waals surface area contributed by atoms with Crippen LogP contribution >= 0.6 is 11.3 Å². The lowest BCUT2D eigenvalue weighted by atomic mass is 10.1. The molecule has 2 rings (SSSR count). The summed E-state index contributed by atoms with van der Waals surface area (Å²) < 4.78 is 45.2. The van der Waals surface area contributed by atoms with E-state index in [2.05, 4.69) is 10.1 Å². The molecule has 9 heteroatoms. The fraction of sp³-hybridized carbons (Fsp3) is 0.333. The summed E-state index contributed by atoms with van der Waals surface area (Å²) in [6, 6.07) is 6.63. The number of hydrogen-bond acceptors (Lipinski definition) is 5. The number of rotatable bonds is 7. The number of alkyl halides is 3. The first-order chi connectivity index (χ1) is 12.7. The first-order valence-electron chi connectivity index (χ1n) is 8.09. The second kappa shape index (κ2) is 8.90. The van der Waals surface area contributed by atoms with Crippen LogP contribution in [-0.2, 0) is 9.53 Å². The van der Waals surface area contributed by atoms with E-state index in [1.54, 1.807) is 25.3 Å². The van der Waals surface area contributed by atoms with E-state index in [0.29, 0.717) is 16.0 Å². The van der Waals surface area contributed by atoms with Crippen LogP contribution in [-0.4, -0.2) is 30.9 Å². The van der Waals surface area contributed by atoms with Crippen LogP contribution in [0.2, 0.25) is 0 Å². The number of thiophene rings is 1. The molecule has 0 aliphatic heterocycles. The summed E-state index contributed by atoms with van der Waals surface area (Å²) in [5.74, 6) is -1.04. The minimum atomic E-state index is -4.74. The molecule has 0 fully saturated rings. The highest BCUT2D eigenvalue weighted by Gasteiger charge is 2.31. The second-order valence-corrected chi connectivity index (χ2v) is 6.57. The molecule has 1 N–H and O–H groups in total. The molecule has 1 aromatic heterocycles. The van der Waals surface area contributed by atoms with Crippen molar-refractivity contribution in [3.63, 3.8) is 0 Å². The lowest BCUT2D eigenvalue weighted by molar-refractivity contribution is -0.274. The Morgan fingerprint density at radius 2 is 1.85 bits per heavy atom. The maximum atomic E-state index is 12.3.